The van der Waals surface area contributed by atoms with Gasteiger partial charge in [0, 0.05) is 69.0 Å². The van der Waals surface area contributed by atoms with Gasteiger partial charge in [-0.15, -0.1) is 0 Å². The van der Waals surface area contributed by atoms with Gasteiger partial charge in [-0.05, 0) is 51.0 Å². The molecule has 1 fully saturated rings. The van der Waals surface area contributed by atoms with Gasteiger partial charge in [0.05, 0.1) is 17.2 Å². The minimum Gasteiger partial charge on any atom is -0.343 e. The van der Waals surface area contributed by atoms with E-state index in [1.807, 2.05) is 30.6 Å². The van der Waals surface area contributed by atoms with Crippen molar-refractivity contribution >= 4 is 22.8 Å². The van der Waals surface area contributed by atoms with Gasteiger partial charge in [-0.1, -0.05) is 13.0 Å². The fraction of sp³-hybridized carbons (Fsp3) is 0.429. The number of pyridine rings is 2. The summed E-state index contributed by atoms with van der Waals surface area (Å²) in [5.41, 5.74) is 3.72. The number of rotatable bonds is 8. The molecule has 9 heteroatoms. The van der Waals surface area contributed by atoms with Gasteiger partial charge in [-0.25, -0.2) is 19.3 Å². The summed E-state index contributed by atoms with van der Waals surface area (Å²) in [6.07, 6.45) is 7.69. The molecule has 0 spiro atoms. The lowest BCUT2D eigenvalue weighted by Gasteiger charge is -2.36. The number of hydrogen-bond donors (Lipinski definition) is 1. The molecule has 0 aliphatic carbocycles. The van der Waals surface area contributed by atoms with E-state index in [0.717, 1.165) is 55.7 Å². The van der Waals surface area contributed by atoms with Crippen molar-refractivity contribution < 1.29 is 4.39 Å². The van der Waals surface area contributed by atoms with Crippen LogP contribution in [0, 0.1) is 5.82 Å². The topological polar surface area (TPSA) is 75.0 Å². The smallest absolute Gasteiger partial charge is 0.229 e. The Hall–Kier alpha value is -3.43. The molecule has 5 heterocycles. The molecule has 37 heavy (non-hydrogen) atoms. The van der Waals surface area contributed by atoms with Crippen LogP contribution in [-0.4, -0.2) is 66.5 Å². The maximum Gasteiger partial charge on any atom is 0.229 e. The Balaban J connectivity index is 1.32. The lowest BCUT2D eigenvalue weighted by molar-refractivity contribution is 0.104. The maximum atomic E-state index is 14.9. The first-order valence-electron chi connectivity index (χ1n) is 13.1. The monoisotopic (exact) mass is 502 g/mol. The Morgan fingerprint density at radius 1 is 1.00 bits per heavy atom. The van der Waals surface area contributed by atoms with Gasteiger partial charge in [-0.2, -0.15) is 0 Å². The number of anilines is 2. The Kier molecular flexibility index (Phi) is 7.43. The molecule has 0 saturated carbocycles. The number of aromatic nitrogens is 5. The van der Waals surface area contributed by atoms with Crippen LogP contribution in [0.4, 0.5) is 16.2 Å². The average Bonchev–Trinajstić information content (AvgIpc) is 3.30. The second kappa shape index (κ2) is 10.9. The molecule has 0 amide bonds. The quantitative estimate of drug-likeness (QED) is 0.352. The summed E-state index contributed by atoms with van der Waals surface area (Å²) in [4.78, 5) is 22.7. The van der Waals surface area contributed by atoms with Gasteiger partial charge in [0.1, 0.15) is 11.5 Å². The number of piperazine rings is 1. The third kappa shape index (κ3) is 5.47. The molecular formula is C28H35FN8. The summed E-state index contributed by atoms with van der Waals surface area (Å²) in [5, 5.41) is 3.13. The summed E-state index contributed by atoms with van der Waals surface area (Å²) in [7, 11) is 0. The summed E-state index contributed by atoms with van der Waals surface area (Å²) in [6.45, 7) is 14.0. The summed E-state index contributed by atoms with van der Waals surface area (Å²) in [6, 6.07) is 8.74. The molecular weight excluding hydrogens is 467 g/mol. The molecule has 0 aromatic carbocycles. The van der Waals surface area contributed by atoms with E-state index >= 15 is 0 Å². The van der Waals surface area contributed by atoms with Crippen LogP contribution < -0.4 is 5.32 Å². The van der Waals surface area contributed by atoms with E-state index in [1.54, 1.807) is 6.20 Å². The van der Waals surface area contributed by atoms with E-state index in [4.69, 9.17) is 0 Å². The van der Waals surface area contributed by atoms with Crippen LogP contribution in [-0.2, 0) is 6.54 Å². The molecule has 194 valence electrons. The Labute approximate surface area is 217 Å². The molecule has 5 rings (SSSR count). The van der Waals surface area contributed by atoms with Gasteiger partial charge in [-0.3, -0.25) is 14.8 Å². The van der Waals surface area contributed by atoms with Crippen LogP contribution in [0.2, 0.25) is 0 Å². The van der Waals surface area contributed by atoms with Gasteiger partial charge < -0.3 is 9.88 Å². The number of halogens is 1. The van der Waals surface area contributed by atoms with E-state index in [1.165, 1.54) is 6.20 Å². The summed E-state index contributed by atoms with van der Waals surface area (Å²) < 4.78 is 17.1. The first-order chi connectivity index (χ1) is 17.9. The second-order valence-electron chi connectivity index (χ2n) is 10.1. The van der Waals surface area contributed by atoms with Crippen molar-refractivity contribution in [3.8, 4) is 11.3 Å². The number of fused-ring (bicyclic) bond motifs is 1. The molecule has 8 nitrogen and oxygen atoms in total. The third-order valence-corrected chi connectivity index (χ3v) is 7.26. The highest BCUT2D eigenvalue weighted by Crippen LogP contribution is 2.32. The fourth-order valence-corrected chi connectivity index (χ4v) is 4.84. The van der Waals surface area contributed by atoms with Crippen molar-refractivity contribution in [1.82, 2.24) is 34.3 Å². The van der Waals surface area contributed by atoms with Crippen LogP contribution in [0.3, 0.4) is 0 Å². The Morgan fingerprint density at radius 2 is 1.81 bits per heavy atom. The van der Waals surface area contributed by atoms with Crippen LogP contribution in [0.25, 0.3) is 22.3 Å². The van der Waals surface area contributed by atoms with E-state index in [0.29, 0.717) is 23.4 Å². The zero-order valence-corrected chi connectivity index (χ0v) is 22.0. The first kappa shape index (κ1) is 25.2. The molecule has 1 unspecified atom stereocenters. The summed E-state index contributed by atoms with van der Waals surface area (Å²) in [5.74, 6) is 0.424. The Morgan fingerprint density at radius 3 is 2.51 bits per heavy atom. The minimum atomic E-state index is -0.486. The molecule has 4 aromatic heterocycles. The predicted molar refractivity (Wildman–Crippen MR) is 145 cm³/mol. The molecule has 1 aliphatic heterocycles. The van der Waals surface area contributed by atoms with Gasteiger partial charge in [0.2, 0.25) is 5.95 Å². The lowest BCUT2D eigenvalue weighted by atomic mass is 10.2. The minimum absolute atomic E-state index is 0.223. The lowest BCUT2D eigenvalue weighted by Crippen LogP contribution is -2.48. The molecule has 0 bridgehead atoms. The van der Waals surface area contributed by atoms with Gasteiger partial charge >= 0.3 is 0 Å². The molecule has 1 saturated heterocycles. The SMILES string of the molecule is CCC(C)n1cc(-c2nc(Nc3ccc(CN4CCN(C(C)C)CC4)cn3)ncc2F)c2ncccc21. The Bertz CT molecular complexity index is 1340. The largest absolute Gasteiger partial charge is 0.343 e. The van der Waals surface area contributed by atoms with Crippen molar-refractivity contribution in [2.45, 2.75) is 52.7 Å². The van der Waals surface area contributed by atoms with Crippen molar-refractivity contribution in [2.24, 2.45) is 0 Å². The van der Waals surface area contributed by atoms with Gasteiger partial charge in [0.25, 0.3) is 0 Å². The van der Waals surface area contributed by atoms with Crippen LogP contribution >= 0.6 is 0 Å². The van der Waals surface area contributed by atoms with Crippen molar-refractivity contribution in [3.05, 3.63) is 60.4 Å². The van der Waals surface area contributed by atoms with E-state index in [2.05, 4.69) is 73.4 Å². The maximum absolute atomic E-state index is 14.9. The van der Waals surface area contributed by atoms with Crippen molar-refractivity contribution in [3.63, 3.8) is 0 Å². The molecule has 4 aromatic rings. The second-order valence-corrected chi connectivity index (χ2v) is 10.1. The number of nitrogens with zero attached hydrogens (tertiary/aromatic N) is 7. The predicted octanol–water partition coefficient (Wildman–Crippen LogP) is 5.27. The number of nitrogens with one attached hydrogen (secondary N) is 1. The molecule has 1 N–H and O–H groups in total. The zero-order valence-electron chi connectivity index (χ0n) is 22.0. The van der Waals surface area contributed by atoms with E-state index in [-0.39, 0.29) is 11.7 Å². The highest BCUT2D eigenvalue weighted by Gasteiger charge is 2.20. The molecule has 1 aliphatic rings. The normalized spacial score (nSPS) is 15.9. The third-order valence-electron chi connectivity index (χ3n) is 7.26. The van der Waals surface area contributed by atoms with Crippen LogP contribution in [0.15, 0.2) is 49.1 Å². The zero-order chi connectivity index (χ0) is 25.9. The van der Waals surface area contributed by atoms with E-state index < -0.39 is 5.82 Å². The standard InChI is InChI=1S/C28H35FN8/c1-5-20(4)37-18-22(27-24(37)7-6-10-30-27)26-23(29)16-32-28(34-26)33-25-9-8-21(15-31-25)17-35-11-13-36(14-12-35)19(2)3/h6-10,15-16,18-20H,5,11-14,17H2,1-4H3,(H,31,32,33,34). The number of hydrogen-bond acceptors (Lipinski definition) is 7. The summed E-state index contributed by atoms with van der Waals surface area (Å²) >= 11 is 0. The van der Waals surface area contributed by atoms with Crippen molar-refractivity contribution in [1.29, 1.82) is 0 Å². The fourth-order valence-electron chi connectivity index (χ4n) is 4.84. The van der Waals surface area contributed by atoms with Crippen LogP contribution in [0.5, 0.6) is 0 Å². The average molecular weight is 503 g/mol. The van der Waals surface area contributed by atoms with E-state index in [9.17, 15) is 4.39 Å². The van der Waals surface area contributed by atoms with Crippen molar-refractivity contribution in [2.75, 3.05) is 31.5 Å². The first-order valence-corrected chi connectivity index (χ1v) is 13.1. The molecule has 1 atom stereocenters. The molecule has 0 radical (unpaired) electrons. The van der Waals surface area contributed by atoms with Gasteiger partial charge in [0.15, 0.2) is 5.82 Å². The highest BCUT2D eigenvalue weighted by molar-refractivity contribution is 5.92. The highest BCUT2D eigenvalue weighted by atomic mass is 19.1. The van der Waals surface area contributed by atoms with Crippen LogP contribution in [0.1, 0.15) is 45.7 Å².